The first kappa shape index (κ1) is 11.2. The SMILES string of the molecule is Cc1noc(C)c1[C@@H](O)[C@H](N)C(C)C. The smallest absolute Gasteiger partial charge is 0.139 e. The Balaban J connectivity index is 2.94. The number of aryl methyl sites for hydroxylation is 2. The molecule has 0 aliphatic carbocycles. The molecule has 1 heterocycles. The molecule has 0 unspecified atom stereocenters. The van der Waals surface area contributed by atoms with E-state index in [1.54, 1.807) is 6.92 Å². The molecular formula is C10H18N2O2. The van der Waals surface area contributed by atoms with Crippen LogP contribution in [0.4, 0.5) is 0 Å². The van der Waals surface area contributed by atoms with Gasteiger partial charge in [-0.05, 0) is 19.8 Å². The number of hydrogen-bond acceptors (Lipinski definition) is 4. The van der Waals surface area contributed by atoms with Crippen molar-refractivity contribution in [1.29, 1.82) is 0 Å². The van der Waals surface area contributed by atoms with Crippen molar-refractivity contribution in [3.63, 3.8) is 0 Å². The van der Waals surface area contributed by atoms with Crippen LogP contribution in [-0.4, -0.2) is 16.3 Å². The first-order valence-corrected chi connectivity index (χ1v) is 4.81. The summed E-state index contributed by atoms with van der Waals surface area (Å²) in [5, 5.41) is 13.8. The number of aliphatic hydroxyl groups is 1. The van der Waals surface area contributed by atoms with Crippen LogP contribution in [0.3, 0.4) is 0 Å². The Labute approximate surface area is 84.1 Å². The predicted molar refractivity (Wildman–Crippen MR) is 53.8 cm³/mol. The lowest BCUT2D eigenvalue weighted by molar-refractivity contribution is 0.123. The highest BCUT2D eigenvalue weighted by molar-refractivity contribution is 5.24. The summed E-state index contributed by atoms with van der Waals surface area (Å²) in [6, 6.07) is -0.285. The molecule has 0 saturated heterocycles. The van der Waals surface area contributed by atoms with Gasteiger partial charge in [0.15, 0.2) is 0 Å². The summed E-state index contributed by atoms with van der Waals surface area (Å²) in [4.78, 5) is 0. The Bertz CT molecular complexity index is 288. The lowest BCUT2D eigenvalue weighted by atomic mass is 9.93. The molecule has 4 nitrogen and oxygen atoms in total. The zero-order valence-corrected chi connectivity index (χ0v) is 9.11. The summed E-state index contributed by atoms with van der Waals surface area (Å²) in [6.45, 7) is 7.55. The minimum atomic E-state index is -0.693. The third kappa shape index (κ3) is 1.96. The van der Waals surface area contributed by atoms with Gasteiger partial charge in [-0.25, -0.2) is 0 Å². The second kappa shape index (κ2) is 4.11. The maximum absolute atomic E-state index is 9.98. The third-order valence-electron chi connectivity index (χ3n) is 2.52. The average molecular weight is 198 g/mol. The maximum Gasteiger partial charge on any atom is 0.139 e. The van der Waals surface area contributed by atoms with Gasteiger partial charge in [-0.1, -0.05) is 19.0 Å². The molecule has 0 aliphatic heterocycles. The van der Waals surface area contributed by atoms with E-state index in [0.29, 0.717) is 11.5 Å². The fourth-order valence-corrected chi connectivity index (χ4v) is 1.47. The van der Waals surface area contributed by atoms with Crippen molar-refractivity contribution < 1.29 is 9.63 Å². The summed E-state index contributed by atoms with van der Waals surface area (Å²) in [5.41, 5.74) is 7.31. The Morgan fingerprint density at radius 3 is 2.29 bits per heavy atom. The van der Waals surface area contributed by atoms with E-state index in [1.807, 2.05) is 20.8 Å². The number of aliphatic hydroxyl groups excluding tert-OH is 1. The molecule has 80 valence electrons. The number of hydrogen-bond donors (Lipinski definition) is 2. The number of rotatable bonds is 3. The van der Waals surface area contributed by atoms with Gasteiger partial charge in [-0.2, -0.15) is 0 Å². The van der Waals surface area contributed by atoms with Crippen molar-refractivity contribution >= 4 is 0 Å². The van der Waals surface area contributed by atoms with Gasteiger partial charge in [0.05, 0.1) is 11.8 Å². The first-order chi connectivity index (χ1) is 6.45. The molecule has 0 fully saturated rings. The van der Waals surface area contributed by atoms with E-state index in [9.17, 15) is 5.11 Å². The molecule has 4 heteroatoms. The van der Waals surface area contributed by atoms with Crippen LogP contribution in [0.5, 0.6) is 0 Å². The van der Waals surface area contributed by atoms with Gasteiger partial charge in [0, 0.05) is 11.6 Å². The standard InChI is InChI=1S/C10H18N2O2/c1-5(2)9(11)10(13)8-6(3)12-14-7(8)4/h5,9-10,13H,11H2,1-4H3/t9-,10-/m1/s1. The van der Waals surface area contributed by atoms with Crippen LogP contribution >= 0.6 is 0 Å². The summed E-state index contributed by atoms with van der Waals surface area (Å²) >= 11 is 0. The van der Waals surface area contributed by atoms with Gasteiger partial charge >= 0.3 is 0 Å². The Hall–Kier alpha value is -0.870. The normalized spacial score (nSPS) is 15.9. The average Bonchev–Trinajstić information content (AvgIpc) is 2.44. The molecule has 1 aromatic heterocycles. The van der Waals surface area contributed by atoms with E-state index in [0.717, 1.165) is 5.56 Å². The fraction of sp³-hybridized carbons (Fsp3) is 0.700. The van der Waals surface area contributed by atoms with Crippen LogP contribution in [0.15, 0.2) is 4.52 Å². The second-order valence-electron chi connectivity index (χ2n) is 4.00. The summed E-state index contributed by atoms with van der Waals surface area (Å²) in [6.07, 6.45) is -0.693. The molecule has 0 saturated carbocycles. The number of nitrogens with zero attached hydrogens (tertiary/aromatic N) is 1. The third-order valence-corrected chi connectivity index (χ3v) is 2.52. The highest BCUT2D eigenvalue weighted by Gasteiger charge is 2.25. The van der Waals surface area contributed by atoms with Crippen molar-refractivity contribution in [3.8, 4) is 0 Å². The van der Waals surface area contributed by atoms with E-state index in [-0.39, 0.29) is 12.0 Å². The Morgan fingerprint density at radius 1 is 1.36 bits per heavy atom. The second-order valence-corrected chi connectivity index (χ2v) is 4.00. The minimum absolute atomic E-state index is 0.221. The highest BCUT2D eigenvalue weighted by atomic mass is 16.5. The van der Waals surface area contributed by atoms with E-state index >= 15 is 0 Å². The van der Waals surface area contributed by atoms with Gasteiger partial charge in [-0.3, -0.25) is 0 Å². The van der Waals surface area contributed by atoms with Crippen molar-refractivity contribution in [2.75, 3.05) is 0 Å². The molecule has 0 bridgehead atoms. The van der Waals surface area contributed by atoms with Gasteiger partial charge in [0.1, 0.15) is 5.76 Å². The summed E-state index contributed by atoms with van der Waals surface area (Å²) in [5.74, 6) is 0.866. The molecule has 0 spiro atoms. The van der Waals surface area contributed by atoms with Crippen molar-refractivity contribution in [2.24, 2.45) is 11.7 Å². The van der Waals surface area contributed by atoms with E-state index in [1.165, 1.54) is 0 Å². The summed E-state index contributed by atoms with van der Waals surface area (Å²) < 4.78 is 4.98. The van der Waals surface area contributed by atoms with Crippen LogP contribution in [0.1, 0.15) is 37.0 Å². The Morgan fingerprint density at radius 2 is 1.93 bits per heavy atom. The Kier molecular flexibility index (Phi) is 3.29. The molecule has 0 aromatic carbocycles. The molecule has 0 amide bonds. The molecule has 2 atom stereocenters. The number of aromatic nitrogens is 1. The van der Waals surface area contributed by atoms with Crippen LogP contribution in [0.2, 0.25) is 0 Å². The van der Waals surface area contributed by atoms with Crippen LogP contribution in [0, 0.1) is 19.8 Å². The quantitative estimate of drug-likeness (QED) is 0.768. The highest BCUT2D eigenvalue weighted by Crippen LogP contribution is 2.25. The van der Waals surface area contributed by atoms with Gasteiger partial charge in [0.25, 0.3) is 0 Å². The van der Waals surface area contributed by atoms with E-state index < -0.39 is 6.10 Å². The largest absolute Gasteiger partial charge is 0.387 e. The molecular weight excluding hydrogens is 180 g/mol. The van der Waals surface area contributed by atoms with Crippen LogP contribution in [0.25, 0.3) is 0 Å². The fourth-order valence-electron chi connectivity index (χ4n) is 1.47. The molecule has 1 aromatic rings. The topological polar surface area (TPSA) is 72.3 Å². The zero-order chi connectivity index (χ0) is 10.9. The van der Waals surface area contributed by atoms with Crippen molar-refractivity contribution in [3.05, 3.63) is 17.0 Å². The summed E-state index contributed by atoms with van der Waals surface area (Å²) in [7, 11) is 0. The lowest BCUT2D eigenvalue weighted by Gasteiger charge is -2.21. The lowest BCUT2D eigenvalue weighted by Crippen LogP contribution is -2.33. The predicted octanol–water partition coefficient (Wildman–Crippen LogP) is 1.31. The molecule has 1 rings (SSSR count). The van der Waals surface area contributed by atoms with Crippen LogP contribution in [-0.2, 0) is 0 Å². The molecule has 14 heavy (non-hydrogen) atoms. The van der Waals surface area contributed by atoms with Crippen LogP contribution < -0.4 is 5.73 Å². The first-order valence-electron chi connectivity index (χ1n) is 4.81. The molecule has 3 N–H and O–H groups in total. The van der Waals surface area contributed by atoms with Gasteiger partial charge in [0.2, 0.25) is 0 Å². The maximum atomic E-state index is 9.98. The van der Waals surface area contributed by atoms with E-state index in [2.05, 4.69) is 5.16 Å². The molecule has 0 radical (unpaired) electrons. The van der Waals surface area contributed by atoms with Gasteiger partial charge < -0.3 is 15.4 Å². The van der Waals surface area contributed by atoms with Gasteiger partial charge in [-0.15, -0.1) is 0 Å². The monoisotopic (exact) mass is 198 g/mol. The minimum Gasteiger partial charge on any atom is -0.387 e. The van der Waals surface area contributed by atoms with Crippen molar-refractivity contribution in [2.45, 2.75) is 39.8 Å². The van der Waals surface area contributed by atoms with Crippen molar-refractivity contribution in [1.82, 2.24) is 5.16 Å². The number of nitrogens with two attached hydrogens (primary N) is 1. The molecule has 0 aliphatic rings. The zero-order valence-electron chi connectivity index (χ0n) is 9.11. The van der Waals surface area contributed by atoms with E-state index in [4.69, 9.17) is 10.3 Å².